The topological polar surface area (TPSA) is 80.5 Å². The van der Waals surface area contributed by atoms with Crippen LogP contribution in [-0.2, 0) is 16.0 Å². The molecule has 9 heteroatoms. The number of rotatable bonds is 4. The van der Waals surface area contributed by atoms with Gasteiger partial charge in [0.15, 0.2) is 0 Å². The fraction of sp³-hybridized carbons (Fsp3) is 0.417. The third-order valence-corrected chi connectivity index (χ3v) is 3.68. The molecule has 1 amide bonds. The molecule has 1 rings (SSSR count). The summed E-state index contributed by atoms with van der Waals surface area (Å²) in [4.78, 5) is 13.1. The number of hydrogen-bond donors (Lipinski definition) is 1. The Balaban J connectivity index is 3.01. The number of nitrogens with two attached hydrogens (primary N) is 1. The highest BCUT2D eigenvalue weighted by Crippen LogP contribution is 2.31. The molecule has 0 aromatic heterocycles. The number of hydrogen-bond acceptors (Lipinski definition) is 4. The largest absolute Gasteiger partial charge is 0.416 e. The van der Waals surface area contributed by atoms with Gasteiger partial charge in [-0.25, -0.2) is 8.42 Å². The second-order valence-electron chi connectivity index (χ2n) is 4.66. The van der Waals surface area contributed by atoms with Gasteiger partial charge in [-0.05, 0) is 18.2 Å². The number of anilines is 1. The molecular formula is C12H15F3N2O3S. The first-order chi connectivity index (χ1) is 9.42. The Morgan fingerprint density at radius 2 is 1.90 bits per heavy atom. The first-order valence-electron chi connectivity index (χ1n) is 5.82. The number of carbonyl (C=O) groups excluding carboxylic acids is 1. The maximum atomic E-state index is 12.6. The van der Waals surface area contributed by atoms with Crippen molar-refractivity contribution in [1.29, 1.82) is 0 Å². The van der Waals surface area contributed by atoms with Gasteiger partial charge in [0.1, 0.15) is 9.84 Å². The molecule has 0 atom stereocenters. The van der Waals surface area contributed by atoms with Gasteiger partial charge in [-0.3, -0.25) is 4.79 Å². The zero-order valence-electron chi connectivity index (χ0n) is 11.4. The molecule has 0 bridgehead atoms. The highest BCUT2D eigenvalue weighted by Gasteiger charge is 2.32. The average Bonchev–Trinajstić information content (AvgIpc) is 2.33. The molecule has 1 aromatic carbocycles. The van der Waals surface area contributed by atoms with Crippen LogP contribution >= 0.6 is 0 Å². The smallest absolute Gasteiger partial charge is 0.398 e. The summed E-state index contributed by atoms with van der Waals surface area (Å²) in [6, 6.07) is 2.44. The number of carbonyl (C=O) groups is 1. The van der Waals surface area contributed by atoms with Gasteiger partial charge in [-0.15, -0.1) is 0 Å². The molecule has 0 saturated carbocycles. The quantitative estimate of drug-likeness (QED) is 0.849. The predicted octanol–water partition coefficient (Wildman–Crippen LogP) is 1.40. The first-order valence-corrected chi connectivity index (χ1v) is 7.88. The molecule has 2 N–H and O–H groups in total. The van der Waals surface area contributed by atoms with E-state index in [1.165, 1.54) is 7.05 Å². The van der Waals surface area contributed by atoms with Crippen molar-refractivity contribution in [3.8, 4) is 0 Å². The monoisotopic (exact) mass is 324 g/mol. The molecule has 0 aliphatic rings. The number of nitrogen functional groups attached to an aromatic ring is 1. The van der Waals surface area contributed by atoms with Crippen LogP contribution in [0.4, 0.5) is 18.9 Å². The van der Waals surface area contributed by atoms with Gasteiger partial charge in [-0.1, -0.05) is 0 Å². The Hall–Kier alpha value is -1.77. The molecule has 5 nitrogen and oxygen atoms in total. The summed E-state index contributed by atoms with van der Waals surface area (Å²) in [5.41, 5.74) is 4.13. The van der Waals surface area contributed by atoms with Crippen molar-refractivity contribution in [3.05, 3.63) is 29.3 Å². The summed E-state index contributed by atoms with van der Waals surface area (Å²) >= 11 is 0. The lowest BCUT2D eigenvalue weighted by Crippen LogP contribution is -2.32. The van der Waals surface area contributed by atoms with E-state index < -0.39 is 27.5 Å². The summed E-state index contributed by atoms with van der Waals surface area (Å²) in [6.07, 6.45) is -3.59. The van der Waals surface area contributed by atoms with Gasteiger partial charge in [0.05, 0.1) is 16.9 Å². The number of benzene rings is 1. The number of nitrogens with zero attached hydrogens (tertiary/aromatic N) is 1. The highest BCUT2D eigenvalue weighted by atomic mass is 32.2. The second-order valence-corrected chi connectivity index (χ2v) is 6.92. The Labute approximate surface area is 120 Å². The van der Waals surface area contributed by atoms with E-state index in [0.29, 0.717) is 6.07 Å². The molecule has 0 radical (unpaired) electrons. The molecule has 118 valence electrons. The Kier molecular flexibility index (Phi) is 4.87. The van der Waals surface area contributed by atoms with Crippen LogP contribution in [0.2, 0.25) is 0 Å². The van der Waals surface area contributed by atoms with Gasteiger partial charge >= 0.3 is 6.18 Å². The van der Waals surface area contributed by atoms with Crippen molar-refractivity contribution in [2.24, 2.45) is 0 Å². The van der Waals surface area contributed by atoms with E-state index in [2.05, 4.69) is 0 Å². The number of sulfone groups is 1. The summed E-state index contributed by atoms with van der Waals surface area (Å²) in [7, 11) is -1.98. The van der Waals surface area contributed by atoms with Gasteiger partial charge in [-0.2, -0.15) is 13.2 Å². The maximum absolute atomic E-state index is 12.6. The predicted molar refractivity (Wildman–Crippen MR) is 72.5 cm³/mol. The van der Waals surface area contributed by atoms with Gasteiger partial charge < -0.3 is 10.6 Å². The van der Waals surface area contributed by atoms with E-state index >= 15 is 0 Å². The van der Waals surface area contributed by atoms with E-state index in [1.54, 1.807) is 0 Å². The van der Waals surface area contributed by atoms with Crippen molar-refractivity contribution >= 4 is 21.4 Å². The lowest BCUT2D eigenvalue weighted by Gasteiger charge is -2.18. The Morgan fingerprint density at radius 1 is 1.33 bits per heavy atom. The molecule has 1 aromatic rings. The second kappa shape index (κ2) is 5.92. The first kappa shape index (κ1) is 17.3. The van der Waals surface area contributed by atoms with Gasteiger partial charge in [0, 0.05) is 25.5 Å². The maximum Gasteiger partial charge on any atom is 0.416 e. The average molecular weight is 324 g/mol. The minimum absolute atomic E-state index is 0.0980. The lowest BCUT2D eigenvalue weighted by molar-refractivity contribution is -0.137. The third-order valence-electron chi connectivity index (χ3n) is 2.76. The van der Waals surface area contributed by atoms with Crippen molar-refractivity contribution < 1.29 is 26.4 Å². The Morgan fingerprint density at radius 3 is 2.38 bits per heavy atom. The molecule has 0 aliphatic carbocycles. The standard InChI is InChI=1S/C12H15F3N2O3S/c1-17(5-6-21(2,19)20)11(18)9-7-8(12(13,14)15)3-4-10(9)16/h3-4,7H,5-6,16H2,1-2H3. The molecule has 0 saturated heterocycles. The van der Waals surface area contributed by atoms with E-state index in [-0.39, 0.29) is 23.5 Å². The lowest BCUT2D eigenvalue weighted by atomic mass is 10.1. The van der Waals surface area contributed by atoms with Crippen LogP contribution in [0, 0.1) is 0 Å². The fourth-order valence-corrected chi connectivity index (χ4v) is 2.13. The normalized spacial score (nSPS) is 12.2. The van der Waals surface area contributed by atoms with Crippen LogP contribution in [0.3, 0.4) is 0 Å². The molecule has 21 heavy (non-hydrogen) atoms. The van der Waals surface area contributed by atoms with Gasteiger partial charge in [0.25, 0.3) is 5.91 Å². The van der Waals surface area contributed by atoms with Gasteiger partial charge in [0.2, 0.25) is 0 Å². The summed E-state index contributed by atoms with van der Waals surface area (Å²) < 4.78 is 59.9. The highest BCUT2D eigenvalue weighted by molar-refractivity contribution is 7.90. The number of alkyl halides is 3. The van der Waals surface area contributed by atoms with Crippen LogP contribution in [0.1, 0.15) is 15.9 Å². The molecule has 0 heterocycles. The molecular weight excluding hydrogens is 309 g/mol. The van der Waals surface area contributed by atoms with Crippen molar-refractivity contribution in [3.63, 3.8) is 0 Å². The molecule has 0 aliphatic heterocycles. The minimum Gasteiger partial charge on any atom is -0.398 e. The van der Waals surface area contributed by atoms with E-state index in [1.807, 2.05) is 0 Å². The van der Waals surface area contributed by atoms with Crippen LogP contribution in [-0.4, -0.2) is 44.8 Å². The fourth-order valence-electron chi connectivity index (χ4n) is 1.53. The summed E-state index contributed by atoms with van der Waals surface area (Å²) in [6.45, 7) is -0.132. The minimum atomic E-state index is -4.59. The number of amides is 1. The van der Waals surface area contributed by atoms with Crippen molar-refractivity contribution in [2.75, 3.05) is 31.3 Å². The molecule has 0 unspecified atom stereocenters. The summed E-state index contributed by atoms with van der Waals surface area (Å²) in [5.74, 6) is -1.05. The number of halogens is 3. The SMILES string of the molecule is CN(CCS(C)(=O)=O)C(=O)c1cc(C(F)(F)F)ccc1N. The zero-order chi connectivity index (χ0) is 16.4. The third kappa shape index (κ3) is 4.92. The zero-order valence-corrected chi connectivity index (χ0v) is 12.3. The Bertz CT molecular complexity index is 642. The van der Waals surface area contributed by atoms with Crippen LogP contribution < -0.4 is 5.73 Å². The van der Waals surface area contributed by atoms with Crippen LogP contribution in [0.5, 0.6) is 0 Å². The van der Waals surface area contributed by atoms with Crippen LogP contribution in [0.25, 0.3) is 0 Å². The van der Waals surface area contributed by atoms with E-state index in [4.69, 9.17) is 5.73 Å². The summed E-state index contributed by atoms with van der Waals surface area (Å²) in [5, 5.41) is 0. The van der Waals surface area contributed by atoms with Crippen LogP contribution in [0.15, 0.2) is 18.2 Å². The van der Waals surface area contributed by atoms with Crippen molar-refractivity contribution in [2.45, 2.75) is 6.18 Å². The van der Waals surface area contributed by atoms with Crippen molar-refractivity contribution in [1.82, 2.24) is 4.90 Å². The van der Waals surface area contributed by atoms with E-state index in [9.17, 15) is 26.4 Å². The van der Waals surface area contributed by atoms with E-state index in [0.717, 1.165) is 23.3 Å². The molecule has 0 fully saturated rings. The molecule has 0 spiro atoms.